The number of hydrogen-bond acceptors (Lipinski definition) is 5. The molecule has 1 saturated carbocycles. The summed E-state index contributed by atoms with van der Waals surface area (Å²) >= 11 is 11.7. The topological polar surface area (TPSA) is 75.6 Å². The molecule has 1 N–H and O–H groups in total. The standard InChI is InChI=1S/C15H18Cl2N2O3S/c1-15(2,3)23(21,22)14(13(20)9-4-5-9)19-18-10-6-7-11(16)12(17)8-10/h6-9,18H,4-5H2,1-3H3/b19-14+. The first-order valence-corrected chi connectivity index (χ1v) is 9.35. The quantitative estimate of drug-likeness (QED) is 0.490. The van der Waals surface area contributed by atoms with Crippen molar-refractivity contribution < 1.29 is 13.2 Å². The van der Waals surface area contributed by atoms with E-state index in [0.29, 0.717) is 28.6 Å². The van der Waals surface area contributed by atoms with Gasteiger partial charge in [-0.1, -0.05) is 23.2 Å². The Balaban J connectivity index is 2.37. The van der Waals surface area contributed by atoms with Gasteiger partial charge in [0.25, 0.3) is 0 Å². The van der Waals surface area contributed by atoms with Crippen LogP contribution in [0.5, 0.6) is 0 Å². The van der Waals surface area contributed by atoms with Crippen LogP contribution in [0, 0.1) is 5.92 Å². The highest BCUT2D eigenvalue weighted by atomic mass is 35.5. The van der Waals surface area contributed by atoms with Crippen LogP contribution in [0.25, 0.3) is 0 Å². The van der Waals surface area contributed by atoms with Gasteiger partial charge in [-0.15, -0.1) is 0 Å². The van der Waals surface area contributed by atoms with E-state index in [1.54, 1.807) is 12.1 Å². The van der Waals surface area contributed by atoms with Gasteiger partial charge in [-0.3, -0.25) is 10.2 Å². The molecule has 1 fully saturated rings. The maximum Gasteiger partial charge on any atom is 0.218 e. The van der Waals surface area contributed by atoms with Gasteiger partial charge in [0.2, 0.25) is 14.9 Å². The van der Waals surface area contributed by atoms with Crippen LogP contribution in [0.15, 0.2) is 23.3 Å². The molecule has 126 valence electrons. The molecular formula is C15H18Cl2N2O3S. The van der Waals surface area contributed by atoms with Gasteiger partial charge in [-0.05, 0) is 51.8 Å². The van der Waals surface area contributed by atoms with Crippen LogP contribution in [0.1, 0.15) is 33.6 Å². The number of ketones is 1. The molecule has 2 rings (SSSR count). The minimum absolute atomic E-state index is 0.249. The summed E-state index contributed by atoms with van der Waals surface area (Å²) < 4.78 is 24.1. The third kappa shape index (κ3) is 4.05. The monoisotopic (exact) mass is 376 g/mol. The van der Waals surface area contributed by atoms with E-state index in [2.05, 4.69) is 10.5 Å². The van der Waals surface area contributed by atoms with E-state index in [1.807, 2.05) is 0 Å². The van der Waals surface area contributed by atoms with Gasteiger partial charge in [-0.2, -0.15) is 5.10 Å². The van der Waals surface area contributed by atoms with E-state index in [1.165, 1.54) is 26.8 Å². The molecule has 0 spiro atoms. The Morgan fingerprint density at radius 2 is 1.83 bits per heavy atom. The largest absolute Gasteiger partial charge is 0.291 e. The van der Waals surface area contributed by atoms with Crippen molar-refractivity contribution in [2.75, 3.05) is 5.43 Å². The third-order valence-corrected chi connectivity index (χ3v) is 6.58. The Hall–Kier alpha value is -1.11. The molecule has 1 aromatic carbocycles. The Kier molecular flexibility index (Phi) is 5.09. The molecule has 0 heterocycles. The molecule has 1 aliphatic carbocycles. The minimum atomic E-state index is -3.85. The average molecular weight is 377 g/mol. The van der Waals surface area contributed by atoms with Gasteiger partial charge in [-0.25, -0.2) is 8.42 Å². The summed E-state index contributed by atoms with van der Waals surface area (Å²) in [6.07, 6.45) is 1.40. The predicted octanol–water partition coefficient (Wildman–Crippen LogP) is 3.91. The number of nitrogens with zero attached hydrogens (tertiary/aromatic N) is 1. The molecule has 8 heteroatoms. The lowest BCUT2D eigenvalue weighted by Crippen LogP contribution is -2.39. The SMILES string of the molecule is CC(C)(C)S(=O)(=O)/C(=N/Nc1ccc(Cl)c(Cl)c1)C(=O)C1CC1. The predicted molar refractivity (Wildman–Crippen MR) is 93.9 cm³/mol. The number of hydrogen-bond donors (Lipinski definition) is 1. The molecule has 5 nitrogen and oxygen atoms in total. The number of Topliss-reactive ketones (excluding diaryl/α,β-unsaturated/α-hetero) is 1. The van der Waals surface area contributed by atoms with Gasteiger partial charge in [0.05, 0.1) is 20.5 Å². The van der Waals surface area contributed by atoms with E-state index in [0.717, 1.165) is 0 Å². The van der Waals surface area contributed by atoms with Crippen LogP contribution in [0.2, 0.25) is 10.0 Å². The zero-order chi connectivity index (χ0) is 17.4. The lowest BCUT2D eigenvalue weighted by Gasteiger charge is -2.19. The molecule has 0 atom stereocenters. The summed E-state index contributed by atoms with van der Waals surface area (Å²) in [7, 11) is -3.85. The summed E-state index contributed by atoms with van der Waals surface area (Å²) in [5.41, 5.74) is 3.05. The summed E-state index contributed by atoms with van der Waals surface area (Å²) in [5.74, 6) is -0.686. The van der Waals surface area contributed by atoms with Gasteiger partial charge in [0.1, 0.15) is 0 Å². The molecule has 1 aromatic rings. The maximum atomic E-state index is 12.6. The zero-order valence-electron chi connectivity index (χ0n) is 13.1. The molecule has 0 amide bonds. The number of rotatable bonds is 4. The number of carbonyl (C=O) groups excluding carboxylic acids is 1. The molecule has 0 radical (unpaired) electrons. The van der Waals surface area contributed by atoms with E-state index in [4.69, 9.17) is 23.2 Å². The third-order valence-electron chi connectivity index (χ3n) is 3.43. The average Bonchev–Trinajstić information content (AvgIpc) is 3.25. The van der Waals surface area contributed by atoms with Crippen molar-refractivity contribution in [3.05, 3.63) is 28.2 Å². The highest BCUT2D eigenvalue weighted by molar-refractivity contribution is 8.09. The first kappa shape index (κ1) is 18.2. The lowest BCUT2D eigenvalue weighted by molar-refractivity contribution is -0.113. The van der Waals surface area contributed by atoms with E-state index < -0.39 is 25.4 Å². The van der Waals surface area contributed by atoms with Crippen molar-refractivity contribution in [3.63, 3.8) is 0 Å². The fraction of sp³-hybridized carbons (Fsp3) is 0.467. The second kappa shape index (κ2) is 6.42. The molecule has 0 unspecified atom stereocenters. The van der Waals surface area contributed by atoms with Crippen LogP contribution in [0.4, 0.5) is 5.69 Å². The van der Waals surface area contributed by atoms with Gasteiger partial charge >= 0.3 is 0 Å². The number of benzene rings is 1. The van der Waals surface area contributed by atoms with Crippen LogP contribution in [0.3, 0.4) is 0 Å². The van der Waals surface area contributed by atoms with Crippen molar-refractivity contribution in [1.82, 2.24) is 0 Å². The Morgan fingerprint density at radius 1 is 1.22 bits per heavy atom. The van der Waals surface area contributed by atoms with Crippen LogP contribution in [-0.2, 0) is 14.6 Å². The van der Waals surface area contributed by atoms with Crippen molar-refractivity contribution in [3.8, 4) is 0 Å². The van der Waals surface area contributed by atoms with Gasteiger partial charge in [0, 0.05) is 5.92 Å². The first-order valence-electron chi connectivity index (χ1n) is 7.11. The summed E-state index contributed by atoms with van der Waals surface area (Å²) in [4.78, 5) is 12.3. The molecular weight excluding hydrogens is 359 g/mol. The molecule has 23 heavy (non-hydrogen) atoms. The number of sulfone groups is 1. The van der Waals surface area contributed by atoms with Crippen molar-refractivity contribution in [1.29, 1.82) is 0 Å². The minimum Gasteiger partial charge on any atom is -0.291 e. The summed E-state index contributed by atoms with van der Waals surface area (Å²) in [5, 5.41) is 4.14. The Labute approximate surface area is 146 Å². The van der Waals surface area contributed by atoms with E-state index in [9.17, 15) is 13.2 Å². The number of anilines is 1. The second-order valence-electron chi connectivity index (χ2n) is 6.41. The Bertz CT molecular complexity index is 763. The summed E-state index contributed by atoms with van der Waals surface area (Å²) in [6.45, 7) is 4.62. The fourth-order valence-corrected chi connectivity index (χ4v) is 3.21. The number of hydrazone groups is 1. The van der Waals surface area contributed by atoms with Crippen molar-refractivity contribution in [2.45, 2.75) is 38.4 Å². The number of nitrogens with one attached hydrogen (secondary N) is 1. The molecule has 0 bridgehead atoms. The Morgan fingerprint density at radius 3 is 2.30 bits per heavy atom. The van der Waals surface area contributed by atoms with E-state index in [-0.39, 0.29) is 5.92 Å². The van der Waals surface area contributed by atoms with Gasteiger partial charge < -0.3 is 0 Å². The maximum absolute atomic E-state index is 12.6. The fourth-order valence-electron chi connectivity index (χ4n) is 1.74. The number of halogens is 2. The van der Waals surface area contributed by atoms with Crippen LogP contribution < -0.4 is 5.43 Å². The van der Waals surface area contributed by atoms with Crippen molar-refractivity contribution in [2.24, 2.45) is 11.0 Å². The highest BCUT2D eigenvalue weighted by Crippen LogP contribution is 2.33. The van der Waals surface area contributed by atoms with Gasteiger partial charge in [0.15, 0.2) is 5.78 Å². The summed E-state index contributed by atoms with van der Waals surface area (Å²) in [6, 6.07) is 4.67. The van der Waals surface area contributed by atoms with Crippen molar-refractivity contribution >= 4 is 49.6 Å². The highest BCUT2D eigenvalue weighted by Gasteiger charge is 2.43. The molecule has 0 aromatic heterocycles. The normalized spacial score (nSPS) is 16.3. The lowest BCUT2D eigenvalue weighted by atomic mass is 10.2. The first-order chi connectivity index (χ1) is 10.5. The van der Waals surface area contributed by atoms with Crippen LogP contribution in [-0.4, -0.2) is 24.0 Å². The number of carbonyl (C=O) groups is 1. The van der Waals surface area contributed by atoms with E-state index >= 15 is 0 Å². The smallest absolute Gasteiger partial charge is 0.218 e. The second-order valence-corrected chi connectivity index (χ2v) is 9.84. The van der Waals surface area contributed by atoms with Crippen LogP contribution >= 0.6 is 23.2 Å². The zero-order valence-corrected chi connectivity index (χ0v) is 15.4. The molecule has 0 aliphatic heterocycles. The molecule has 0 saturated heterocycles. The molecule has 1 aliphatic rings.